The number of hydrogen-bond donors (Lipinski definition) is 1. The molecule has 0 aliphatic carbocycles. The fourth-order valence-corrected chi connectivity index (χ4v) is 1.97. The van der Waals surface area contributed by atoms with E-state index in [0.29, 0.717) is 5.02 Å². The Hall–Kier alpha value is -2.53. The number of amides is 1. The average molecular weight is 306 g/mol. The first-order valence-electron chi connectivity index (χ1n) is 5.97. The van der Waals surface area contributed by atoms with Gasteiger partial charge in [-0.3, -0.25) is 4.79 Å². The first-order chi connectivity index (χ1) is 10.0. The molecule has 2 N–H and O–H groups in total. The zero-order valence-electron chi connectivity index (χ0n) is 11.1. The van der Waals surface area contributed by atoms with E-state index in [1.807, 2.05) is 0 Å². The van der Waals surface area contributed by atoms with E-state index in [4.69, 9.17) is 26.8 Å². The van der Waals surface area contributed by atoms with Gasteiger partial charge in [-0.25, -0.2) is 4.79 Å². The summed E-state index contributed by atoms with van der Waals surface area (Å²) in [7, 11) is 1.39. The molecule has 0 unspecified atom stereocenters. The molecule has 0 saturated carbocycles. The molecule has 0 spiro atoms. The van der Waals surface area contributed by atoms with Crippen LogP contribution in [-0.4, -0.2) is 19.0 Å². The van der Waals surface area contributed by atoms with Gasteiger partial charge in [-0.15, -0.1) is 0 Å². The van der Waals surface area contributed by atoms with Crippen molar-refractivity contribution in [2.24, 2.45) is 5.73 Å². The Kier molecular flexibility index (Phi) is 4.45. The second-order valence-corrected chi connectivity index (χ2v) is 4.53. The molecule has 1 amide bonds. The zero-order chi connectivity index (χ0) is 15.4. The number of ether oxygens (including phenoxy) is 2. The van der Waals surface area contributed by atoms with Gasteiger partial charge in [0.2, 0.25) is 0 Å². The van der Waals surface area contributed by atoms with Gasteiger partial charge in [-0.2, -0.15) is 0 Å². The molecule has 0 aliphatic heterocycles. The van der Waals surface area contributed by atoms with E-state index in [-0.39, 0.29) is 22.6 Å². The molecule has 21 heavy (non-hydrogen) atoms. The Bertz CT molecular complexity index is 700. The molecule has 5 nitrogen and oxygen atoms in total. The van der Waals surface area contributed by atoms with Crippen molar-refractivity contribution in [2.45, 2.75) is 0 Å². The van der Waals surface area contributed by atoms with Gasteiger partial charge in [0.1, 0.15) is 17.1 Å². The number of primary amides is 1. The molecule has 0 aliphatic rings. The van der Waals surface area contributed by atoms with Crippen LogP contribution in [0.15, 0.2) is 42.5 Å². The second-order valence-electron chi connectivity index (χ2n) is 4.10. The van der Waals surface area contributed by atoms with Gasteiger partial charge >= 0.3 is 5.97 Å². The molecular weight excluding hydrogens is 294 g/mol. The first kappa shape index (κ1) is 14.9. The standard InChI is InChI=1S/C15H12ClNO4/c1-20-11-6-3-7-12(13(11)14(17)18)21-15(19)9-4-2-5-10(16)8-9/h2-8H,1H3,(H2,17,18). The number of carbonyl (C=O) groups is 2. The summed E-state index contributed by atoms with van der Waals surface area (Å²) in [5.41, 5.74) is 5.57. The lowest BCUT2D eigenvalue weighted by molar-refractivity contribution is 0.0732. The van der Waals surface area contributed by atoms with Crippen LogP contribution >= 0.6 is 11.6 Å². The van der Waals surface area contributed by atoms with E-state index < -0.39 is 11.9 Å². The first-order valence-corrected chi connectivity index (χ1v) is 6.35. The summed E-state index contributed by atoms with van der Waals surface area (Å²) in [6.07, 6.45) is 0. The maximum Gasteiger partial charge on any atom is 0.343 e. The van der Waals surface area contributed by atoms with Gasteiger partial charge in [0.05, 0.1) is 12.7 Å². The number of carbonyl (C=O) groups excluding carboxylic acids is 2. The topological polar surface area (TPSA) is 78.6 Å². The fourth-order valence-electron chi connectivity index (χ4n) is 1.78. The minimum Gasteiger partial charge on any atom is -0.496 e. The monoisotopic (exact) mass is 305 g/mol. The molecule has 0 bridgehead atoms. The average Bonchev–Trinajstić information content (AvgIpc) is 2.46. The molecule has 2 aromatic rings. The third-order valence-corrected chi connectivity index (χ3v) is 2.95. The predicted molar refractivity (Wildman–Crippen MR) is 77.9 cm³/mol. The largest absolute Gasteiger partial charge is 0.496 e. The summed E-state index contributed by atoms with van der Waals surface area (Å²) < 4.78 is 10.3. The Labute approximate surface area is 126 Å². The predicted octanol–water partition coefficient (Wildman–Crippen LogP) is 2.67. The van der Waals surface area contributed by atoms with Crippen LogP contribution in [0.1, 0.15) is 20.7 Å². The minimum atomic E-state index is -0.749. The Morgan fingerprint density at radius 1 is 1.10 bits per heavy atom. The van der Waals surface area contributed by atoms with Crippen LogP contribution in [0, 0.1) is 0 Å². The van der Waals surface area contributed by atoms with E-state index in [0.717, 1.165) is 0 Å². The van der Waals surface area contributed by atoms with Crippen molar-refractivity contribution in [2.75, 3.05) is 7.11 Å². The van der Waals surface area contributed by atoms with Crippen LogP contribution in [0.5, 0.6) is 11.5 Å². The lowest BCUT2D eigenvalue weighted by atomic mass is 10.1. The second kappa shape index (κ2) is 6.28. The normalized spacial score (nSPS) is 10.0. The molecule has 0 radical (unpaired) electrons. The minimum absolute atomic E-state index is 0.00961. The Morgan fingerprint density at radius 2 is 1.76 bits per heavy atom. The molecule has 0 heterocycles. The van der Waals surface area contributed by atoms with Gasteiger partial charge in [0, 0.05) is 5.02 Å². The smallest absolute Gasteiger partial charge is 0.343 e. The van der Waals surface area contributed by atoms with Crippen molar-refractivity contribution in [3.8, 4) is 11.5 Å². The SMILES string of the molecule is COc1cccc(OC(=O)c2cccc(Cl)c2)c1C(N)=O. The highest BCUT2D eigenvalue weighted by Crippen LogP contribution is 2.28. The van der Waals surface area contributed by atoms with Crippen molar-refractivity contribution in [3.63, 3.8) is 0 Å². The van der Waals surface area contributed by atoms with E-state index in [9.17, 15) is 9.59 Å². The zero-order valence-corrected chi connectivity index (χ0v) is 11.9. The number of halogens is 1. The highest BCUT2D eigenvalue weighted by atomic mass is 35.5. The van der Waals surface area contributed by atoms with Crippen LogP contribution in [0.3, 0.4) is 0 Å². The maximum absolute atomic E-state index is 12.1. The lowest BCUT2D eigenvalue weighted by Gasteiger charge is -2.11. The summed E-state index contributed by atoms with van der Waals surface area (Å²) in [4.78, 5) is 23.6. The molecule has 2 rings (SSSR count). The molecule has 0 fully saturated rings. The summed E-state index contributed by atoms with van der Waals surface area (Å²) in [6, 6.07) is 10.9. The molecular formula is C15H12ClNO4. The van der Waals surface area contributed by atoms with E-state index in [1.165, 1.54) is 19.2 Å². The lowest BCUT2D eigenvalue weighted by Crippen LogP contribution is -2.17. The molecule has 0 atom stereocenters. The molecule has 108 valence electrons. The van der Waals surface area contributed by atoms with Crippen molar-refractivity contribution in [1.82, 2.24) is 0 Å². The third-order valence-electron chi connectivity index (χ3n) is 2.72. The maximum atomic E-state index is 12.1. The summed E-state index contributed by atoms with van der Waals surface area (Å²) in [6.45, 7) is 0. The van der Waals surface area contributed by atoms with E-state index in [2.05, 4.69) is 0 Å². The highest BCUT2D eigenvalue weighted by Gasteiger charge is 2.19. The molecule has 6 heteroatoms. The summed E-state index contributed by atoms with van der Waals surface area (Å²) >= 11 is 5.82. The fraction of sp³-hybridized carbons (Fsp3) is 0.0667. The van der Waals surface area contributed by atoms with Crippen molar-refractivity contribution in [3.05, 3.63) is 58.6 Å². The molecule has 0 aromatic heterocycles. The Morgan fingerprint density at radius 3 is 2.38 bits per heavy atom. The summed E-state index contributed by atoms with van der Waals surface area (Å²) in [5.74, 6) is -1.12. The van der Waals surface area contributed by atoms with E-state index >= 15 is 0 Å². The molecule has 0 saturated heterocycles. The molecule has 2 aromatic carbocycles. The number of methoxy groups -OCH3 is 1. The number of benzene rings is 2. The number of nitrogens with two attached hydrogens (primary N) is 1. The van der Waals surface area contributed by atoms with Crippen LogP contribution < -0.4 is 15.2 Å². The van der Waals surface area contributed by atoms with Gasteiger partial charge in [0.15, 0.2) is 0 Å². The van der Waals surface area contributed by atoms with Gasteiger partial charge in [-0.1, -0.05) is 23.7 Å². The van der Waals surface area contributed by atoms with E-state index in [1.54, 1.807) is 30.3 Å². The quantitative estimate of drug-likeness (QED) is 0.696. The van der Waals surface area contributed by atoms with Gasteiger partial charge in [0.25, 0.3) is 5.91 Å². The van der Waals surface area contributed by atoms with Crippen molar-refractivity contribution in [1.29, 1.82) is 0 Å². The van der Waals surface area contributed by atoms with Gasteiger partial charge in [-0.05, 0) is 30.3 Å². The van der Waals surface area contributed by atoms with Crippen LogP contribution in [-0.2, 0) is 0 Å². The highest BCUT2D eigenvalue weighted by molar-refractivity contribution is 6.30. The Balaban J connectivity index is 2.35. The van der Waals surface area contributed by atoms with Crippen molar-refractivity contribution >= 4 is 23.5 Å². The van der Waals surface area contributed by atoms with Crippen LogP contribution in [0.4, 0.5) is 0 Å². The summed E-state index contributed by atoms with van der Waals surface area (Å²) in [5, 5.41) is 0.408. The van der Waals surface area contributed by atoms with Crippen molar-refractivity contribution < 1.29 is 19.1 Å². The third kappa shape index (κ3) is 3.32. The van der Waals surface area contributed by atoms with Gasteiger partial charge < -0.3 is 15.2 Å². The number of esters is 1. The number of rotatable bonds is 4. The van der Waals surface area contributed by atoms with Crippen LogP contribution in [0.25, 0.3) is 0 Å². The van der Waals surface area contributed by atoms with Crippen LogP contribution in [0.2, 0.25) is 5.02 Å². The number of hydrogen-bond acceptors (Lipinski definition) is 4.